The first-order valence-electron chi connectivity index (χ1n) is 6.04. The molecule has 1 rings (SSSR count). The molecule has 0 radical (unpaired) electrons. The molecule has 1 aliphatic carbocycles. The highest BCUT2D eigenvalue weighted by Crippen LogP contribution is 2.31. The van der Waals surface area contributed by atoms with Gasteiger partial charge < -0.3 is 4.74 Å². The van der Waals surface area contributed by atoms with Crippen LogP contribution in [0, 0.1) is 11.3 Å². The van der Waals surface area contributed by atoms with Gasteiger partial charge in [0.15, 0.2) is 6.34 Å². The van der Waals surface area contributed by atoms with E-state index in [4.69, 9.17) is 10.1 Å². The second kappa shape index (κ2) is 5.43. The van der Waals surface area contributed by atoms with E-state index in [-0.39, 0.29) is 17.9 Å². The first-order valence-corrected chi connectivity index (χ1v) is 6.04. The average molecular weight is 227 g/mol. The largest absolute Gasteiger partial charge is 0.466 e. The van der Waals surface area contributed by atoms with Gasteiger partial charge in [0.05, 0.1) is 20.7 Å². The van der Waals surface area contributed by atoms with Crippen molar-refractivity contribution in [1.82, 2.24) is 0 Å². The molecule has 0 aromatic heterocycles. The minimum atomic E-state index is -0.0831. The van der Waals surface area contributed by atoms with Crippen LogP contribution in [0.15, 0.2) is 0 Å². The highest BCUT2D eigenvalue weighted by Gasteiger charge is 2.41. The molecule has 0 aromatic carbocycles. The molecule has 0 aromatic rings. The van der Waals surface area contributed by atoms with Crippen LogP contribution in [0.25, 0.3) is 0 Å². The second-order valence-corrected chi connectivity index (χ2v) is 4.97. The number of nitrogens with zero attached hydrogens (tertiary/aromatic N) is 1. The van der Waals surface area contributed by atoms with Crippen molar-refractivity contribution in [3.63, 3.8) is 0 Å². The normalized spacial score (nSPS) is 26.2. The molecule has 1 aliphatic rings. The van der Waals surface area contributed by atoms with E-state index in [2.05, 4.69) is 0 Å². The summed E-state index contributed by atoms with van der Waals surface area (Å²) in [7, 11) is 3.96. The summed E-state index contributed by atoms with van der Waals surface area (Å²) in [5.74, 6) is -0.120. The zero-order valence-corrected chi connectivity index (χ0v) is 10.5. The third kappa shape index (κ3) is 2.82. The molecule has 0 spiro atoms. The molecular formula is C12H23N2O2+. The Labute approximate surface area is 97.7 Å². The standard InChI is InChI=1S/C12H23N2O2/c1-4-16-12(15)10-7-5-6-8-11(10)14(2,3)9-13/h9-11,13H,4-8H2,1-3H3/q+1. The minimum Gasteiger partial charge on any atom is -0.466 e. The maximum atomic E-state index is 11.9. The third-order valence-electron chi connectivity index (χ3n) is 3.51. The zero-order valence-electron chi connectivity index (χ0n) is 10.5. The number of hydrogen-bond donors (Lipinski definition) is 1. The first kappa shape index (κ1) is 13.2. The monoisotopic (exact) mass is 227 g/mol. The van der Waals surface area contributed by atoms with Crippen LogP contribution < -0.4 is 0 Å². The molecule has 0 bridgehead atoms. The number of carbonyl (C=O) groups excluding carboxylic acids is 1. The number of carbonyl (C=O) groups is 1. The molecule has 0 heterocycles. The van der Waals surface area contributed by atoms with Crippen LogP contribution in [-0.4, -0.2) is 43.5 Å². The lowest BCUT2D eigenvalue weighted by Gasteiger charge is -2.39. The molecule has 0 saturated heterocycles. The molecule has 4 heteroatoms. The van der Waals surface area contributed by atoms with Crippen molar-refractivity contribution in [1.29, 1.82) is 5.41 Å². The third-order valence-corrected chi connectivity index (χ3v) is 3.51. The lowest BCUT2D eigenvalue weighted by Crippen LogP contribution is -2.54. The van der Waals surface area contributed by atoms with Gasteiger partial charge in [-0.3, -0.25) is 14.7 Å². The molecule has 4 nitrogen and oxygen atoms in total. The predicted molar refractivity (Wildman–Crippen MR) is 63.3 cm³/mol. The van der Waals surface area contributed by atoms with Gasteiger partial charge in [-0.05, 0) is 19.8 Å². The summed E-state index contributed by atoms with van der Waals surface area (Å²) in [5.41, 5.74) is 0. The molecular weight excluding hydrogens is 204 g/mol. The SMILES string of the molecule is CCOC(=O)C1CCCCC1[N+](C)(C)C=N. The van der Waals surface area contributed by atoms with E-state index >= 15 is 0 Å². The van der Waals surface area contributed by atoms with Crippen LogP contribution in [0.3, 0.4) is 0 Å². The van der Waals surface area contributed by atoms with Gasteiger partial charge in [-0.2, -0.15) is 0 Å². The summed E-state index contributed by atoms with van der Waals surface area (Å²) in [6.45, 7) is 2.28. The van der Waals surface area contributed by atoms with Gasteiger partial charge in [-0.15, -0.1) is 0 Å². The van der Waals surface area contributed by atoms with Gasteiger partial charge in [-0.1, -0.05) is 6.42 Å². The molecule has 1 N–H and O–H groups in total. The summed E-state index contributed by atoms with van der Waals surface area (Å²) in [4.78, 5) is 11.9. The number of rotatable bonds is 4. The van der Waals surface area contributed by atoms with Gasteiger partial charge in [-0.25, -0.2) is 0 Å². The van der Waals surface area contributed by atoms with Crippen molar-refractivity contribution in [2.24, 2.45) is 5.92 Å². The molecule has 0 amide bonds. The Bertz CT molecular complexity index is 264. The van der Waals surface area contributed by atoms with Gasteiger partial charge in [0, 0.05) is 6.42 Å². The highest BCUT2D eigenvalue weighted by molar-refractivity contribution is 5.73. The van der Waals surface area contributed by atoms with Crippen LogP contribution in [0.2, 0.25) is 0 Å². The van der Waals surface area contributed by atoms with Gasteiger partial charge in [0.1, 0.15) is 12.0 Å². The fourth-order valence-electron chi connectivity index (χ4n) is 2.53. The van der Waals surface area contributed by atoms with Crippen LogP contribution in [-0.2, 0) is 9.53 Å². The smallest absolute Gasteiger partial charge is 0.314 e. The Kier molecular flexibility index (Phi) is 4.47. The molecule has 0 aliphatic heterocycles. The quantitative estimate of drug-likeness (QED) is 0.344. The van der Waals surface area contributed by atoms with Crippen molar-refractivity contribution in [3.8, 4) is 0 Å². The topological polar surface area (TPSA) is 50.2 Å². The van der Waals surface area contributed by atoms with Gasteiger partial charge in [0.2, 0.25) is 0 Å². The summed E-state index contributed by atoms with van der Waals surface area (Å²) in [6, 6.07) is 0.199. The van der Waals surface area contributed by atoms with Gasteiger partial charge in [0.25, 0.3) is 0 Å². The molecule has 1 saturated carbocycles. The van der Waals surface area contributed by atoms with E-state index < -0.39 is 0 Å². The maximum absolute atomic E-state index is 11.9. The van der Waals surface area contributed by atoms with Crippen molar-refractivity contribution in [2.75, 3.05) is 20.7 Å². The molecule has 16 heavy (non-hydrogen) atoms. The number of ether oxygens (including phenoxy) is 1. The predicted octanol–water partition coefficient (Wildman–Crippen LogP) is 1.79. The second-order valence-electron chi connectivity index (χ2n) is 4.97. The Morgan fingerprint density at radius 2 is 2.06 bits per heavy atom. The van der Waals surface area contributed by atoms with E-state index in [1.54, 1.807) is 0 Å². The molecule has 2 atom stereocenters. The summed E-state index contributed by atoms with van der Waals surface area (Å²) < 4.78 is 5.60. The van der Waals surface area contributed by atoms with Crippen LogP contribution in [0.5, 0.6) is 0 Å². The van der Waals surface area contributed by atoms with Crippen molar-refractivity contribution in [2.45, 2.75) is 38.6 Å². The Hall–Kier alpha value is -0.900. The summed E-state index contributed by atoms with van der Waals surface area (Å²) >= 11 is 0. The average Bonchev–Trinajstić information content (AvgIpc) is 2.29. The fourth-order valence-corrected chi connectivity index (χ4v) is 2.53. The highest BCUT2D eigenvalue weighted by atomic mass is 16.5. The number of nitrogens with one attached hydrogen (secondary N) is 1. The maximum Gasteiger partial charge on any atom is 0.314 e. The molecule has 1 fully saturated rings. The fraction of sp³-hybridized carbons (Fsp3) is 0.833. The van der Waals surface area contributed by atoms with Crippen LogP contribution >= 0.6 is 0 Å². The van der Waals surface area contributed by atoms with E-state index in [1.165, 1.54) is 6.34 Å². The molecule has 2 unspecified atom stereocenters. The van der Waals surface area contributed by atoms with Crippen LogP contribution in [0.4, 0.5) is 0 Å². The van der Waals surface area contributed by atoms with E-state index in [0.717, 1.165) is 25.7 Å². The Balaban J connectivity index is 2.78. The van der Waals surface area contributed by atoms with Crippen LogP contribution in [0.1, 0.15) is 32.6 Å². The van der Waals surface area contributed by atoms with Crippen molar-refractivity contribution in [3.05, 3.63) is 0 Å². The van der Waals surface area contributed by atoms with E-state index in [0.29, 0.717) is 11.1 Å². The number of hydrogen-bond acceptors (Lipinski definition) is 3. The first-order chi connectivity index (χ1) is 7.53. The summed E-state index contributed by atoms with van der Waals surface area (Å²) in [5, 5.41) is 7.47. The zero-order chi connectivity index (χ0) is 12.2. The minimum absolute atomic E-state index is 0.0368. The number of esters is 1. The van der Waals surface area contributed by atoms with Crippen molar-refractivity contribution >= 4 is 12.3 Å². The lowest BCUT2D eigenvalue weighted by atomic mass is 9.83. The molecule has 92 valence electrons. The van der Waals surface area contributed by atoms with E-state index in [1.807, 2.05) is 21.0 Å². The Morgan fingerprint density at radius 3 is 2.62 bits per heavy atom. The van der Waals surface area contributed by atoms with Crippen molar-refractivity contribution < 1.29 is 14.0 Å². The summed E-state index contributed by atoms with van der Waals surface area (Å²) in [6.07, 6.45) is 5.57. The lowest BCUT2D eigenvalue weighted by molar-refractivity contribution is -0.826. The Morgan fingerprint density at radius 1 is 1.44 bits per heavy atom. The van der Waals surface area contributed by atoms with Gasteiger partial charge >= 0.3 is 5.97 Å². The van der Waals surface area contributed by atoms with E-state index in [9.17, 15) is 4.79 Å². The number of quaternary nitrogens is 1.